The zero-order valence-electron chi connectivity index (χ0n) is 18.6. The van der Waals surface area contributed by atoms with Gasteiger partial charge in [0.15, 0.2) is 11.5 Å². The summed E-state index contributed by atoms with van der Waals surface area (Å²) in [6, 6.07) is 7.44. The lowest BCUT2D eigenvalue weighted by Gasteiger charge is -2.21. The Labute approximate surface area is 187 Å². The summed E-state index contributed by atoms with van der Waals surface area (Å²) in [6.45, 7) is 0.598. The first-order valence-corrected chi connectivity index (χ1v) is 10.7. The van der Waals surface area contributed by atoms with Crippen LogP contribution in [0.3, 0.4) is 0 Å². The number of carbonyl (C=O) groups excluding carboxylic acids is 1. The van der Waals surface area contributed by atoms with Crippen LogP contribution in [-0.4, -0.2) is 44.9 Å². The van der Waals surface area contributed by atoms with Crippen molar-refractivity contribution in [1.82, 2.24) is 10.3 Å². The molecule has 2 heterocycles. The maximum Gasteiger partial charge on any atom is 0.320 e. The summed E-state index contributed by atoms with van der Waals surface area (Å²) >= 11 is 0. The molecule has 2 aromatic rings. The van der Waals surface area contributed by atoms with Crippen LogP contribution in [0, 0.1) is 0 Å². The Morgan fingerprint density at radius 2 is 1.78 bits per heavy atom. The molecule has 1 fully saturated rings. The quantitative estimate of drug-likeness (QED) is 0.516. The number of fused-ring (bicyclic) bond motifs is 1. The fourth-order valence-electron chi connectivity index (χ4n) is 4.04. The lowest BCUT2D eigenvalue weighted by Crippen LogP contribution is -2.36. The molecule has 1 aliphatic heterocycles. The first kappa shape index (κ1) is 21.6. The molecule has 32 heavy (non-hydrogen) atoms. The summed E-state index contributed by atoms with van der Waals surface area (Å²) in [4.78, 5) is 16.9. The first-order valence-electron chi connectivity index (χ1n) is 10.7. The lowest BCUT2D eigenvalue weighted by atomic mass is 10.1. The molecule has 0 spiro atoms. The first-order chi connectivity index (χ1) is 15.6. The smallest absolute Gasteiger partial charge is 0.320 e. The summed E-state index contributed by atoms with van der Waals surface area (Å²) in [6.07, 6.45) is 6.36. The second kappa shape index (κ2) is 9.67. The molecule has 4 N–H and O–H groups in total. The number of nitrogens with zero attached hydrogens (tertiary/aromatic N) is 1. The highest BCUT2D eigenvalue weighted by Crippen LogP contribution is 2.40. The molecule has 2 amide bonds. The zero-order chi connectivity index (χ0) is 22.5. The van der Waals surface area contributed by atoms with Gasteiger partial charge in [0.1, 0.15) is 5.82 Å². The summed E-state index contributed by atoms with van der Waals surface area (Å²) in [5, 5.41) is 12.6. The highest BCUT2D eigenvalue weighted by molar-refractivity contribution is 5.89. The van der Waals surface area contributed by atoms with Gasteiger partial charge in [0.25, 0.3) is 0 Å². The molecule has 9 heteroatoms. The maximum atomic E-state index is 12.3. The van der Waals surface area contributed by atoms with Gasteiger partial charge in [-0.15, -0.1) is 0 Å². The van der Waals surface area contributed by atoms with Crippen LogP contribution in [0.2, 0.25) is 0 Å². The van der Waals surface area contributed by atoms with Gasteiger partial charge in [-0.05, 0) is 31.1 Å². The number of urea groups is 1. The van der Waals surface area contributed by atoms with Crippen molar-refractivity contribution in [2.45, 2.75) is 31.7 Å². The fraction of sp³-hybridized carbons (Fsp3) is 0.391. The van der Waals surface area contributed by atoms with Gasteiger partial charge in [0.05, 0.1) is 39.3 Å². The van der Waals surface area contributed by atoms with Crippen LogP contribution in [0.1, 0.15) is 31.4 Å². The summed E-state index contributed by atoms with van der Waals surface area (Å²) < 4.78 is 16.2. The SMILES string of the molecule is COc1cc(NC2=Cc3nc(NC(=O)NC4CCCC4)ccc3NC2)cc(OC)c1OC. The van der Waals surface area contributed by atoms with Crippen molar-refractivity contribution in [3.63, 3.8) is 0 Å². The second-order valence-corrected chi connectivity index (χ2v) is 7.77. The Kier molecular flexibility index (Phi) is 6.53. The van der Waals surface area contributed by atoms with Crippen LogP contribution in [-0.2, 0) is 0 Å². The van der Waals surface area contributed by atoms with E-state index in [-0.39, 0.29) is 12.1 Å². The fourth-order valence-corrected chi connectivity index (χ4v) is 4.04. The third-order valence-corrected chi connectivity index (χ3v) is 5.61. The number of rotatable bonds is 7. The van der Waals surface area contributed by atoms with Crippen LogP contribution in [0.15, 0.2) is 30.0 Å². The lowest BCUT2D eigenvalue weighted by molar-refractivity contribution is 0.248. The minimum absolute atomic E-state index is 0.215. The number of hydrogen-bond acceptors (Lipinski definition) is 7. The highest BCUT2D eigenvalue weighted by Gasteiger charge is 2.19. The molecule has 1 saturated carbocycles. The summed E-state index contributed by atoms with van der Waals surface area (Å²) in [5.41, 5.74) is 3.35. The van der Waals surface area contributed by atoms with Crippen molar-refractivity contribution >= 4 is 29.3 Å². The predicted molar refractivity (Wildman–Crippen MR) is 125 cm³/mol. The molecule has 0 unspecified atom stereocenters. The van der Waals surface area contributed by atoms with E-state index in [0.29, 0.717) is 29.6 Å². The average Bonchev–Trinajstić information content (AvgIpc) is 3.31. The van der Waals surface area contributed by atoms with E-state index in [1.165, 1.54) is 12.8 Å². The number of aromatic nitrogens is 1. The van der Waals surface area contributed by atoms with Crippen molar-refractivity contribution in [1.29, 1.82) is 0 Å². The number of benzene rings is 1. The molecule has 4 rings (SSSR count). The Balaban J connectivity index is 1.49. The number of anilines is 3. The molecule has 0 bridgehead atoms. The molecule has 2 aliphatic rings. The van der Waals surface area contributed by atoms with E-state index in [4.69, 9.17) is 14.2 Å². The number of carbonyl (C=O) groups is 1. The average molecular weight is 440 g/mol. The van der Waals surface area contributed by atoms with Crippen molar-refractivity contribution in [3.05, 3.63) is 35.7 Å². The largest absolute Gasteiger partial charge is 0.493 e. The van der Waals surface area contributed by atoms with Gasteiger partial charge in [-0.2, -0.15) is 0 Å². The molecule has 170 valence electrons. The van der Waals surface area contributed by atoms with Crippen molar-refractivity contribution in [3.8, 4) is 17.2 Å². The van der Waals surface area contributed by atoms with E-state index in [9.17, 15) is 4.79 Å². The van der Waals surface area contributed by atoms with Crippen LogP contribution in [0.5, 0.6) is 17.2 Å². The third kappa shape index (κ3) is 4.82. The number of nitrogens with one attached hydrogen (secondary N) is 4. The topological polar surface area (TPSA) is 106 Å². The summed E-state index contributed by atoms with van der Waals surface area (Å²) in [5.74, 6) is 2.18. The number of pyridine rings is 1. The van der Waals surface area contributed by atoms with Gasteiger partial charge in [-0.1, -0.05) is 12.8 Å². The van der Waals surface area contributed by atoms with E-state index < -0.39 is 0 Å². The zero-order valence-corrected chi connectivity index (χ0v) is 18.6. The predicted octanol–water partition coefficient (Wildman–Crippen LogP) is 4.05. The van der Waals surface area contributed by atoms with Gasteiger partial charge < -0.3 is 30.2 Å². The Hall–Kier alpha value is -3.62. The molecule has 9 nitrogen and oxygen atoms in total. The van der Waals surface area contributed by atoms with E-state index >= 15 is 0 Å². The van der Waals surface area contributed by atoms with Crippen molar-refractivity contribution in [2.75, 3.05) is 43.8 Å². The van der Waals surface area contributed by atoms with E-state index in [1.807, 2.05) is 24.3 Å². The molecule has 1 aromatic heterocycles. The van der Waals surface area contributed by atoms with Crippen LogP contribution >= 0.6 is 0 Å². The maximum absolute atomic E-state index is 12.3. The van der Waals surface area contributed by atoms with Crippen LogP contribution in [0.25, 0.3) is 6.08 Å². The highest BCUT2D eigenvalue weighted by atomic mass is 16.5. The molecule has 0 atom stereocenters. The van der Waals surface area contributed by atoms with Crippen LogP contribution in [0.4, 0.5) is 22.0 Å². The molecule has 0 saturated heterocycles. The number of hydrogen-bond donors (Lipinski definition) is 4. The molecule has 1 aromatic carbocycles. The van der Waals surface area contributed by atoms with Gasteiger partial charge in [0.2, 0.25) is 5.75 Å². The van der Waals surface area contributed by atoms with Gasteiger partial charge >= 0.3 is 6.03 Å². The second-order valence-electron chi connectivity index (χ2n) is 7.77. The van der Waals surface area contributed by atoms with Gasteiger partial charge in [-0.25, -0.2) is 9.78 Å². The summed E-state index contributed by atoms with van der Waals surface area (Å²) in [7, 11) is 4.74. The van der Waals surface area contributed by atoms with E-state index in [2.05, 4.69) is 26.3 Å². The number of amides is 2. The van der Waals surface area contributed by atoms with E-state index in [1.54, 1.807) is 27.4 Å². The third-order valence-electron chi connectivity index (χ3n) is 5.61. The molecular formula is C23H29N5O4. The monoisotopic (exact) mass is 439 g/mol. The van der Waals surface area contributed by atoms with Gasteiger partial charge in [0, 0.05) is 29.6 Å². The minimum atomic E-state index is -0.215. The standard InChI is InChI=1S/C23H29N5O4/c1-30-19-11-15(12-20(31-2)22(19)32-3)25-16-10-18-17(24-13-16)8-9-21(27-18)28-23(29)26-14-6-4-5-7-14/h8-12,14,24-25H,4-7,13H2,1-3H3,(H2,26,27,28,29). The molecular weight excluding hydrogens is 410 g/mol. The van der Waals surface area contributed by atoms with E-state index in [0.717, 1.165) is 35.6 Å². The Morgan fingerprint density at radius 1 is 1.06 bits per heavy atom. The molecule has 0 radical (unpaired) electrons. The Morgan fingerprint density at radius 3 is 2.44 bits per heavy atom. The van der Waals surface area contributed by atoms with Crippen molar-refractivity contribution in [2.24, 2.45) is 0 Å². The molecule has 1 aliphatic carbocycles. The normalized spacial score (nSPS) is 15.2. The van der Waals surface area contributed by atoms with Crippen molar-refractivity contribution < 1.29 is 19.0 Å². The number of methoxy groups -OCH3 is 3. The Bertz CT molecular complexity index is 992. The van der Waals surface area contributed by atoms with Gasteiger partial charge in [-0.3, -0.25) is 5.32 Å². The number of ether oxygens (including phenoxy) is 3. The minimum Gasteiger partial charge on any atom is -0.493 e. The van der Waals surface area contributed by atoms with Crippen LogP contribution < -0.4 is 35.5 Å².